The second-order valence-electron chi connectivity index (χ2n) is 4.08. The van der Waals surface area contributed by atoms with Gasteiger partial charge in [-0.15, -0.1) is 0 Å². The lowest BCUT2D eigenvalue weighted by Gasteiger charge is -2.18. The van der Waals surface area contributed by atoms with Crippen LogP contribution in [0.2, 0.25) is 0 Å². The molecule has 9 heteroatoms. The van der Waals surface area contributed by atoms with Gasteiger partial charge in [0.15, 0.2) is 0 Å². The molecule has 5 nitrogen and oxygen atoms in total. The summed E-state index contributed by atoms with van der Waals surface area (Å²) in [6, 6.07) is 4.87. The largest absolute Gasteiger partial charge is 0.402 e. The van der Waals surface area contributed by atoms with Crippen molar-refractivity contribution in [2.75, 3.05) is 18.9 Å². The number of anilines is 1. The number of hydrogen-bond donors (Lipinski definition) is 1. The van der Waals surface area contributed by atoms with E-state index >= 15 is 0 Å². The summed E-state index contributed by atoms with van der Waals surface area (Å²) >= 11 is 0. The van der Waals surface area contributed by atoms with Gasteiger partial charge in [0, 0.05) is 19.7 Å². The summed E-state index contributed by atoms with van der Waals surface area (Å²) in [6.07, 6.45) is -4.61. The van der Waals surface area contributed by atoms with E-state index < -0.39 is 22.7 Å². The predicted octanol–water partition coefficient (Wildman–Crippen LogP) is 1.83. The number of alkyl halides is 3. The van der Waals surface area contributed by atoms with Gasteiger partial charge in [0.25, 0.3) is 0 Å². The first-order valence-electron chi connectivity index (χ1n) is 5.43. The first-order valence-corrected chi connectivity index (χ1v) is 6.87. The van der Waals surface area contributed by atoms with E-state index in [4.69, 9.17) is 0 Å². The Kier molecular flexibility index (Phi) is 4.77. The fourth-order valence-electron chi connectivity index (χ4n) is 1.43. The van der Waals surface area contributed by atoms with E-state index in [1.54, 1.807) is 0 Å². The van der Waals surface area contributed by atoms with E-state index in [0.29, 0.717) is 5.69 Å². The standard InChI is InChI=1S/C11H13F3N2O3S/c1-8(17)15-9-3-5-10(6-4-9)20(18,19)16(2)7-11(12,13)14/h3-6H,7H2,1-2H3,(H,15,17). The molecular formula is C11H13F3N2O3S. The molecule has 20 heavy (non-hydrogen) atoms. The quantitative estimate of drug-likeness (QED) is 0.922. The number of benzene rings is 1. The Balaban J connectivity index is 2.95. The molecule has 0 saturated heterocycles. The average molecular weight is 310 g/mol. The van der Waals surface area contributed by atoms with Crippen molar-refractivity contribution in [1.29, 1.82) is 0 Å². The summed E-state index contributed by atoms with van der Waals surface area (Å²) < 4.78 is 60.6. The predicted molar refractivity (Wildman–Crippen MR) is 66.6 cm³/mol. The molecule has 1 aromatic carbocycles. The monoisotopic (exact) mass is 310 g/mol. The van der Waals surface area contributed by atoms with E-state index in [2.05, 4.69) is 5.32 Å². The molecule has 0 heterocycles. The molecule has 0 spiro atoms. The van der Waals surface area contributed by atoms with Crippen LogP contribution in [-0.4, -0.2) is 38.4 Å². The number of nitrogens with one attached hydrogen (secondary N) is 1. The van der Waals surface area contributed by atoms with Crippen molar-refractivity contribution in [1.82, 2.24) is 4.31 Å². The van der Waals surface area contributed by atoms with Gasteiger partial charge in [-0.25, -0.2) is 8.42 Å². The highest BCUT2D eigenvalue weighted by Crippen LogP contribution is 2.22. The van der Waals surface area contributed by atoms with Gasteiger partial charge in [0.1, 0.15) is 6.54 Å². The van der Waals surface area contributed by atoms with E-state index in [9.17, 15) is 26.4 Å². The van der Waals surface area contributed by atoms with Gasteiger partial charge in [-0.3, -0.25) is 4.79 Å². The fraction of sp³-hybridized carbons (Fsp3) is 0.364. The van der Waals surface area contributed by atoms with Gasteiger partial charge in [-0.2, -0.15) is 17.5 Å². The highest BCUT2D eigenvalue weighted by molar-refractivity contribution is 7.89. The highest BCUT2D eigenvalue weighted by atomic mass is 32.2. The molecule has 1 aromatic rings. The molecule has 112 valence electrons. The van der Waals surface area contributed by atoms with Crippen LogP contribution in [0.5, 0.6) is 0 Å². The highest BCUT2D eigenvalue weighted by Gasteiger charge is 2.34. The van der Waals surface area contributed by atoms with Gasteiger partial charge >= 0.3 is 6.18 Å². The van der Waals surface area contributed by atoms with Crippen LogP contribution in [0.4, 0.5) is 18.9 Å². The molecule has 1 N–H and O–H groups in total. The van der Waals surface area contributed by atoms with Gasteiger partial charge in [-0.05, 0) is 24.3 Å². The van der Waals surface area contributed by atoms with Crippen molar-refractivity contribution in [3.63, 3.8) is 0 Å². The van der Waals surface area contributed by atoms with Crippen LogP contribution < -0.4 is 5.32 Å². The van der Waals surface area contributed by atoms with E-state index in [1.165, 1.54) is 19.1 Å². The summed E-state index contributed by atoms with van der Waals surface area (Å²) in [5.74, 6) is -0.338. The first kappa shape index (κ1) is 16.4. The minimum Gasteiger partial charge on any atom is -0.326 e. The maximum absolute atomic E-state index is 12.2. The molecule has 1 rings (SSSR count). The molecule has 1 amide bonds. The first-order chi connectivity index (χ1) is 9.02. The third-order valence-electron chi connectivity index (χ3n) is 2.28. The van der Waals surface area contributed by atoms with Crippen LogP contribution in [-0.2, 0) is 14.8 Å². The molecule has 0 saturated carbocycles. The van der Waals surface area contributed by atoms with Crippen molar-refractivity contribution in [3.05, 3.63) is 24.3 Å². The average Bonchev–Trinajstić information content (AvgIpc) is 2.26. The minimum absolute atomic E-state index is 0.223. The zero-order valence-corrected chi connectivity index (χ0v) is 11.5. The number of hydrogen-bond acceptors (Lipinski definition) is 3. The Hall–Kier alpha value is -1.61. The number of nitrogens with zero attached hydrogens (tertiary/aromatic N) is 1. The molecule has 0 bridgehead atoms. The second-order valence-corrected chi connectivity index (χ2v) is 6.13. The van der Waals surface area contributed by atoms with Crippen molar-refractivity contribution >= 4 is 21.6 Å². The van der Waals surface area contributed by atoms with Gasteiger partial charge in [0.05, 0.1) is 4.90 Å². The van der Waals surface area contributed by atoms with Crippen LogP contribution in [0.25, 0.3) is 0 Å². The number of rotatable bonds is 4. The summed E-state index contributed by atoms with van der Waals surface area (Å²) in [5.41, 5.74) is 0.356. The van der Waals surface area contributed by atoms with Crippen LogP contribution in [0.3, 0.4) is 0 Å². The Labute approximate surface area is 114 Å². The van der Waals surface area contributed by atoms with Crippen LogP contribution in [0.1, 0.15) is 6.92 Å². The SMILES string of the molecule is CC(=O)Nc1ccc(S(=O)(=O)N(C)CC(F)(F)F)cc1. The lowest BCUT2D eigenvalue weighted by atomic mass is 10.3. The van der Waals surface area contributed by atoms with Crippen molar-refractivity contribution in [3.8, 4) is 0 Å². The molecule has 0 atom stereocenters. The normalized spacial score (nSPS) is 12.5. The molecule has 0 aliphatic rings. The molecular weight excluding hydrogens is 297 g/mol. The zero-order chi connectivity index (χ0) is 15.6. The van der Waals surface area contributed by atoms with Crippen molar-refractivity contribution in [2.45, 2.75) is 18.0 Å². The minimum atomic E-state index is -4.61. The van der Waals surface area contributed by atoms with Crippen LogP contribution in [0, 0.1) is 0 Å². The molecule has 0 aliphatic carbocycles. The Morgan fingerprint density at radius 2 is 1.75 bits per heavy atom. The van der Waals surface area contributed by atoms with E-state index in [0.717, 1.165) is 19.2 Å². The van der Waals surface area contributed by atoms with Gasteiger partial charge in [0.2, 0.25) is 15.9 Å². The third kappa shape index (κ3) is 4.49. The van der Waals surface area contributed by atoms with E-state index in [-0.39, 0.29) is 15.1 Å². The lowest BCUT2D eigenvalue weighted by Crippen LogP contribution is -2.35. The summed E-state index contributed by atoms with van der Waals surface area (Å²) in [7, 11) is -3.37. The van der Waals surface area contributed by atoms with E-state index in [1.807, 2.05) is 0 Å². The maximum Gasteiger partial charge on any atom is 0.402 e. The molecule has 0 fully saturated rings. The number of amides is 1. The molecule has 0 radical (unpaired) electrons. The Morgan fingerprint density at radius 3 is 2.15 bits per heavy atom. The summed E-state index contributed by atoms with van der Waals surface area (Å²) in [6.45, 7) is -0.287. The van der Waals surface area contributed by atoms with Gasteiger partial charge in [-0.1, -0.05) is 0 Å². The second kappa shape index (κ2) is 5.80. The Bertz CT molecular complexity index is 582. The zero-order valence-electron chi connectivity index (χ0n) is 10.7. The topological polar surface area (TPSA) is 66.5 Å². The fourth-order valence-corrected chi connectivity index (χ4v) is 2.59. The van der Waals surface area contributed by atoms with Crippen molar-refractivity contribution in [2.24, 2.45) is 0 Å². The molecule has 0 aromatic heterocycles. The van der Waals surface area contributed by atoms with Gasteiger partial charge < -0.3 is 5.32 Å². The molecule has 0 aliphatic heterocycles. The van der Waals surface area contributed by atoms with Crippen molar-refractivity contribution < 1.29 is 26.4 Å². The summed E-state index contributed by atoms with van der Waals surface area (Å²) in [4.78, 5) is 10.5. The summed E-state index contributed by atoms with van der Waals surface area (Å²) in [5, 5.41) is 2.42. The number of carbonyl (C=O) groups is 1. The smallest absolute Gasteiger partial charge is 0.326 e. The number of carbonyl (C=O) groups excluding carboxylic acids is 1. The number of sulfonamides is 1. The number of halogens is 3. The maximum atomic E-state index is 12.2. The third-order valence-corrected chi connectivity index (χ3v) is 4.10. The lowest BCUT2D eigenvalue weighted by molar-refractivity contribution is -0.134. The van der Waals surface area contributed by atoms with Crippen LogP contribution >= 0.6 is 0 Å². The van der Waals surface area contributed by atoms with Crippen LogP contribution in [0.15, 0.2) is 29.2 Å². The molecule has 0 unspecified atom stereocenters. The Morgan fingerprint density at radius 1 is 1.25 bits per heavy atom.